The van der Waals surface area contributed by atoms with Gasteiger partial charge in [0.05, 0.1) is 18.0 Å². The number of hydrogen-bond acceptors (Lipinski definition) is 8. The molecule has 0 bridgehead atoms. The second-order valence-electron chi connectivity index (χ2n) is 7.99. The minimum Gasteiger partial charge on any atom is -0.493 e. The second-order valence-corrected chi connectivity index (χ2v) is 7.99. The third-order valence-electron chi connectivity index (χ3n) is 5.65. The van der Waals surface area contributed by atoms with Crippen LogP contribution >= 0.6 is 0 Å². The first-order valence-electron chi connectivity index (χ1n) is 11.0. The van der Waals surface area contributed by atoms with Crippen LogP contribution in [0.4, 0.5) is 11.4 Å². The molecule has 10 nitrogen and oxygen atoms in total. The highest BCUT2D eigenvalue weighted by molar-refractivity contribution is 6.01. The van der Waals surface area contributed by atoms with Gasteiger partial charge in [-0.25, -0.2) is 0 Å². The third kappa shape index (κ3) is 5.49. The van der Waals surface area contributed by atoms with Gasteiger partial charge in [0.2, 0.25) is 5.91 Å². The summed E-state index contributed by atoms with van der Waals surface area (Å²) in [6, 6.07) is 19.1. The van der Waals surface area contributed by atoms with Crippen LogP contribution < -0.4 is 14.4 Å². The van der Waals surface area contributed by atoms with E-state index in [4.69, 9.17) is 14.2 Å². The van der Waals surface area contributed by atoms with Crippen LogP contribution in [-0.2, 0) is 14.3 Å². The Morgan fingerprint density at radius 1 is 1.00 bits per heavy atom. The van der Waals surface area contributed by atoms with Crippen LogP contribution in [0, 0.1) is 16.0 Å². The number of carbonyl (C=O) groups is 3. The maximum absolute atomic E-state index is 12.5. The molecular weight excluding hydrogens is 468 g/mol. The standard InChI is InChI=1S/C26H22N2O8/c1-34-23-4-2-3-5-24(23)36-21-12-10-19(11-13-21)27-15-18(14-25(27)30)26(31)35-16-22(29)17-6-8-20(9-7-17)28(32)33/h2-13,18H,14-16H2,1H3/t18-/m0/s1. The second kappa shape index (κ2) is 10.7. The van der Waals surface area contributed by atoms with Crippen molar-refractivity contribution in [3.05, 3.63) is 88.5 Å². The number of non-ortho nitro benzene ring substituents is 1. The Morgan fingerprint density at radius 2 is 1.67 bits per heavy atom. The zero-order valence-electron chi connectivity index (χ0n) is 19.3. The maximum Gasteiger partial charge on any atom is 0.311 e. The number of ketones is 1. The molecule has 10 heteroatoms. The summed E-state index contributed by atoms with van der Waals surface area (Å²) in [7, 11) is 1.55. The number of nitro benzene ring substituents is 1. The molecule has 0 aromatic heterocycles. The smallest absolute Gasteiger partial charge is 0.311 e. The van der Waals surface area contributed by atoms with Crippen molar-refractivity contribution >= 4 is 29.0 Å². The van der Waals surface area contributed by atoms with Gasteiger partial charge in [-0.2, -0.15) is 0 Å². The third-order valence-corrected chi connectivity index (χ3v) is 5.65. The van der Waals surface area contributed by atoms with E-state index in [1.807, 2.05) is 12.1 Å². The largest absolute Gasteiger partial charge is 0.493 e. The van der Waals surface area contributed by atoms with E-state index in [2.05, 4.69) is 0 Å². The molecule has 0 spiro atoms. The fourth-order valence-corrected chi connectivity index (χ4v) is 3.75. The number of anilines is 1. The Hall–Kier alpha value is -4.73. The average molecular weight is 490 g/mol. The fourth-order valence-electron chi connectivity index (χ4n) is 3.75. The summed E-state index contributed by atoms with van der Waals surface area (Å²) in [4.78, 5) is 48.9. The Balaban J connectivity index is 1.33. The molecule has 3 aromatic rings. The fraction of sp³-hybridized carbons (Fsp3) is 0.192. The number of methoxy groups -OCH3 is 1. The predicted octanol–water partition coefficient (Wildman–Crippen LogP) is 4.17. The molecule has 1 fully saturated rings. The first kappa shape index (κ1) is 24.4. The van der Waals surface area contributed by atoms with E-state index in [0.717, 1.165) is 0 Å². The highest BCUT2D eigenvalue weighted by Gasteiger charge is 2.36. The zero-order valence-corrected chi connectivity index (χ0v) is 19.3. The summed E-state index contributed by atoms with van der Waals surface area (Å²) in [5.41, 5.74) is 0.644. The monoisotopic (exact) mass is 490 g/mol. The molecule has 0 N–H and O–H groups in total. The molecule has 0 saturated carbocycles. The Labute approximate surface area is 206 Å². The van der Waals surface area contributed by atoms with E-state index in [9.17, 15) is 24.5 Å². The SMILES string of the molecule is COc1ccccc1Oc1ccc(N2C[C@@H](C(=O)OCC(=O)c3ccc([N+](=O)[O-])cc3)CC2=O)cc1. The lowest BCUT2D eigenvalue weighted by molar-refractivity contribution is -0.384. The van der Waals surface area contributed by atoms with Crippen molar-refractivity contribution in [2.45, 2.75) is 6.42 Å². The van der Waals surface area contributed by atoms with Crippen molar-refractivity contribution in [1.82, 2.24) is 0 Å². The number of Topliss-reactive ketones (excluding diaryl/α,β-unsaturated/α-hetero) is 1. The van der Waals surface area contributed by atoms with Crippen molar-refractivity contribution in [1.29, 1.82) is 0 Å². The van der Waals surface area contributed by atoms with Crippen LogP contribution in [-0.4, -0.2) is 42.8 Å². The molecule has 3 aromatic carbocycles. The summed E-state index contributed by atoms with van der Waals surface area (Å²) in [6.45, 7) is -0.396. The number of nitrogens with zero attached hydrogens (tertiary/aromatic N) is 2. The molecule has 1 heterocycles. The minimum absolute atomic E-state index is 0.0377. The quantitative estimate of drug-likeness (QED) is 0.189. The number of benzene rings is 3. The van der Waals surface area contributed by atoms with E-state index in [1.54, 1.807) is 43.5 Å². The van der Waals surface area contributed by atoms with Gasteiger partial charge in [0.25, 0.3) is 5.69 Å². The van der Waals surface area contributed by atoms with Gasteiger partial charge in [0.1, 0.15) is 5.75 Å². The minimum atomic E-state index is -0.716. The van der Waals surface area contributed by atoms with Crippen molar-refractivity contribution < 1.29 is 33.5 Å². The molecule has 0 unspecified atom stereocenters. The van der Waals surface area contributed by atoms with Crippen LogP contribution in [0.1, 0.15) is 16.8 Å². The van der Waals surface area contributed by atoms with E-state index in [-0.39, 0.29) is 30.1 Å². The lowest BCUT2D eigenvalue weighted by Crippen LogP contribution is -2.27. The molecule has 0 radical (unpaired) electrons. The van der Waals surface area contributed by atoms with Crippen molar-refractivity contribution in [2.24, 2.45) is 5.92 Å². The number of hydrogen-bond donors (Lipinski definition) is 0. The number of rotatable bonds is 9. The predicted molar refractivity (Wildman–Crippen MR) is 128 cm³/mol. The van der Waals surface area contributed by atoms with E-state index >= 15 is 0 Å². The first-order chi connectivity index (χ1) is 17.4. The van der Waals surface area contributed by atoms with E-state index in [0.29, 0.717) is 22.9 Å². The van der Waals surface area contributed by atoms with Gasteiger partial charge in [-0.3, -0.25) is 24.5 Å². The lowest BCUT2D eigenvalue weighted by Gasteiger charge is -2.17. The number of carbonyl (C=O) groups excluding carboxylic acids is 3. The number of nitro groups is 1. The summed E-state index contributed by atoms with van der Waals surface area (Å²) in [5, 5.41) is 10.7. The molecule has 184 valence electrons. The van der Waals surface area contributed by atoms with Crippen molar-refractivity contribution in [3.63, 3.8) is 0 Å². The van der Waals surface area contributed by atoms with E-state index in [1.165, 1.54) is 29.2 Å². The lowest BCUT2D eigenvalue weighted by atomic mass is 10.1. The number of ether oxygens (including phenoxy) is 3. The van der Waals surface area contributed by atoms with Crippen LogP contribution in [0.25, 0.3) is 0 Å². The van der Waals surface area contributed by atoms with Gasteiger partial charge in [0.15, 0.2) is 23.9 Å². The van der Waals surface area contributed by atoms with Crippen LogP contribution in [0.2, 0.25) is 0 Å². The summed E-state index contributed by atoms with van der Waals surface area (Å²) < 4.78 is 16.2. The van der Waals surface area contributed by atoms with Gasteiger partial charge in [0, 0.05) is 36.3 Å². The molecule has 0 aliphatic carbocycles. The number of esters is 1. The highest BCUT2D eigenvalue weighted by Crippen LogP contribution is 2.33. The molecule has 36 heavy (non-hydrogen) atoms. The maximum atomic E-state index is 12.5. The van der Waals surface area contributed by atoms with Gasteiger partial charge in [-0.15, -0.1) is 0 Å². The van der Waals surface area contributed by atoms with E-state index < -0.39 is 29.2 Å². The summed E-state index contributed by atoms with van der Waals surface area (Å²) in [6.07, 6.45) is -0.0377. The first-order valence-corrected chi connectivity index (χ1v) is 11.0. The normalized spacial score (nSPS) is 14.9. The Morgan fingerprint density at radius 3 is 2.31 bits per heavy atom. The van der Waals surface area contributed by atoms with Gasteiger partial charge < -0.3 is 19.1 Å². The zero-order chi connectivity index (χ0) is 25.7. The van der Waals surface area contributed by atoms with Crippen LogP contribution in [0.15, 0.2) is 72.8 Å². The van der Waals surface area contributed by atoms with Gasteiger partial charge in [-0.05, 0) is 48.5 Å². The van der Waals surface area contributed by atoms with Crippen LogP contribution in [0.3, 0.4) is 0 Å². The summed E-state index contributed by atoms with van der Waals surface area (Å²) >= 11 is 0. The molecule has 1 aliphatic rings. The molecule has 1 aliphatic heterocycles. The number of amides is 1. The molecule has 1 amide bonds. The van der Waals surface area contributed by atoms with Gasteiger partial charge >= 0.3 is 5.97 Å². The Bertz CT molecular complexity index is 1290. The molecular formula is C26H22N2O8. The van der Waals surface area contributed by atoms with Crippen molar-refractivity contribution in [2.75, 3.05) is 25.2 Å². The average Bonchev–Trinajstić information content (AvgIpc) is 3.29. The topological polar surface area (TPSA) is 125 Å². The van der Waals surface area contributed by atoms with Crippen molar-refractivity contribution in [3.8, 4) is 17.2 Å². The van der Waals surface area contributed by atoms with Gasteiger partial charge in [-0.1, -0.05) is 12.1 Å². The molecule has 1 atom stereocenters. The summed E-state index contributed by atoms with van der Waals surface area (Å²) in [5.74, 6) is -0.414. The highest BCUT2D eigenvalue weighted by atomic mass is 16.6. The molecule has 4 rings (SSSR count). The van der Waals surface area contributed by atoms with Crippen LogP contribution in [0.5, 0.6) is 17.2 Å². The Kier molecular flexibility index (Phi) is 7.24. The number of para-hydroxylation sites is 2. The molecule has 1 saturated heterocycles.